The number of nitrogens with zero attached hydrogens (tertiary/aromatic N) is 2. The van der Waals surface area contributed by atoms with Gasteiger partial charge in [0.1, 0.15) is 0 Å². The zero-order chi connectivity index (χ0) is 24.7. The number of rotatable bonds is 5. The Morgan fingerprint density at radius 1 is 1.15 bits per heavy atom. The zero-order valence-electron chi connectivity index (χ0n) is 19.9. The van der Waals surface area contributed by atoms with Crippen molar-refractivity contribution < 1.29 is 22.7 Å². The lowest BCUT2D eigenvalue weighted by atomic mass is 10.0. The van der Waals surface area contributed by atoms with Gasteiger partial charge in [0.15, 0.2) is 0 Å². The van der Waals surface area contributed by atoms with Crippen LogP contribution in [-0.4, -0.2) is 61.0 Å². The van der Waals surface area contributed by atoms with Gasteiger partial charge in [0.2, 0.25) is 10.0 Å². The molecule has 4 rings (SSSR count). The molecule has 0 bridgehead atoms. The van der Waals surface area contributed by atoms with Crippen LogP contribution < -0.4 is 0 Å². The highest BCUT2D eigenvalue weighted by molar-refractivity contribution is 7.93. The number of sulfonamides is 1. The maximum atomic E-state index is 13.8. The van der Waals surface area contributed by atoms with Crippen LogP contribution in [0.5, 0.6) is 0 Å². The number of allylic oxidation sites excluding steroid dienone is 6. The number of hydrogen-bond acceptors (Lipinski definition) is 5. The summed E-state index contributed by atoms with van der Waals surface area (Å²) in [5.74, 6) is -2.05. The molecular weight excluding hydrogens is 499 g/mol. The van der Waals surface area contributed by atoms with E-state index in [1.165, 1.54) is 4.90 Å². The van der Waals surface area contributed by atoms with Crippen LogP contribution in [0.2, 0.25) is 0 Å². The average Bonchev–Trinajstić information content (AvgIpc) is 2.98. The van der Waals surface area contributed by atoms with Gasteiger partial charge in [-0.2, -0.15) is 4.31 Å². The lowest BCUT2D eigenvalue weighted by Gasteiger charge is -2.35. The first kappa shape index (κ1) is 25.9. The number of alkyl halides is 1. The van der Waals surface area contributed by atoms with Crippen LogP contribution in [0.3, 0.4) is 0 Å². The van der Waals surface area contributed by atoms with Gasteiger partial charge in [-0.25, -0.2) is 8.42 Å². The molecule has 10 heteroatoms. The maximum absolute atomic E-state index is 13.8. The van der Waals surface area contributed by atoms with Gasteiger partial charge < -0.3 is 9.47 Å². The average molecular weight is 532 g/mol. The Morgan fingerprint density at radius 3 is 2.38 bits per heavy atom. The molecular formula is C24H32Cl2N2O5S. The van der Waals surface area contributed by atoms with Crippen LogP contribution >= 0.6 is 23.2 Å². The van der Waals surface area contributed by atoms with E-state index in [-0.39, 0.29) is 16.7 Å². The van der Waals surface area contributed by atoms with Crippen molar-refractivity contribution in [2.75, 3.05) is 26.3 Å². The van der Waals surface area contributed by atoms with E-state index in [1.807, 2.05) is 0 Å². The van der Waals surface area contributed by atoms with Gasteiger partial charge in [0.25, 0.3) is 11.7 Å². The first-order chi connectivity index (χ1) is 16.1. The largest absolute Gasteiger partial charge is 0.339 e. The highest BCUT2D eigenvalue weighted by Crippen LogP contribution is 2.46. The van der Waals surface area contributed by atoms with E-state index in [0.717, 1.165) is 19.3 Å². The number of piperidine rings is 1. The monoisotopic (exact) mass is 530 g/mol. The highest BCUT2D eigenvalue weighted by atomic mass is 35.5. The Hall–Kier alpha value is -1.16. The third-order valence-corrected chi connectivity index (χ3v) is 9.48. The van der Waals surface area contributed by atoms with Gasteiger partial charge in [-0.1, -0.05) is 23.6 Å². The van der Waals surface area contributed by atoms with Crippen LogP contribution in [0.4, 0.5) is 0 Å². The topological polar surface area (TPSA) is 76.1 Å². The molecule has 34 heavy (non-hydrogen) atoms. The van der Waals surface area contributed by atoms with Crippen LogP contribution in [0.15, 0.2) is 44.6 Å². The number of carbonyl (C=O) groups excluding carboxylic acids is 1. The highest BCUT2D eigenvalue weighted by Gasteiger charge is 2.56. The number of amides is 1. The summed E-state index contributed by atoms with van der Waals surface area (Å²) in [6.45, 7) is 7.07. The van der Waals surface area contributed by atoms with Gasteiger partial charge in [0, 0.05) is 47.9 Å². The SMILES string of the molecule is CC(C)=C(CC1=C(C)N(C2=CC(Cl)CC(Cl)=C2)C(=O)C12OCCCO2)S(=O)(=O)N1CCCCC1. The molecule has 188 valence electrons. The Labute approximate surface area is 212 Å². The molecule has 0 aromatic rings. The third kappa shape index (κ3) is 4.65. The summed E-state index contributed by atoms with van der Waals surface area (Å²) in [5, 5.41) is 0.192. The molecule has 1 aliphatic carbocycles. The molecule has 3 aliphatic heterocycles. The minimum absolute atomic E-state index is 0.0320. The third-order valence-electron chi connectivity index (χ3n) is 6.72. The maximum Gasteiger partial charge on any atom is 0.296 e. The van der Waals surface area contributed by atoms with Gasteiger partial charge >= 0.3 is 0 Å². The number of carbonyl (C=O) groups is 1. The predicted molar refractivity (Wildman–Crippen MR) is 132 cm³/mol. The van der Waals surface area contributed by atoms with Crippen molar-refractivity contribution in [3.05, 3.63) is 44.6 Å². The normalized spacial score (nSPS) is 26.1. The minimum Gasteiger partial charge on any atom is -0.339 e. The van der Waals surface area contributed by atoms with Gasteiger partial charge in [-0.15, -0.1) is 11.6 Å². The van der Waals surface area contributed by atoms with Crippen molar-refractivity contribution in [2.45, 2.75) is 70.5 Å². The summed E-state index contributed by atoms with van der Waals surface area (Å²) in [4.78, 5) is 15.6. The first-order valence-electron chi connectivity index (χ1n) is 11.8. The quantitative estimate of drug-likeness (QED) is 0.479. The molecule has 0 radical (unpaired) electrons. The van der Waals surface area contributed by atoms with Gasteiger partial charge in [0.05, 0.1) is 23.5 Å². The van der Waals surface area contributed by atoms with E-state index in [0.29, 0.717) is 66.7 Å². The lowest BCUT2D eigenvalue weighted by molar-refractivity contribution is -0.235. The number of hydrogen-bond donors (Lipinski definition) is 0. The molecule has 2 saturated heterocycles. The van der Waals surface area contributed by atoms with Gasteiger partial charge in [-0.3, -0.25) is 9.69 Å². The molecule has 1 amide bonds. The summed E-state index contributed by atoms with van der Waals surface area (Å²) >= 11 is 12.6. The fraction of sp³-hybridized carbons (Fsp3) is 0.625. The molecule has 2 fully saturated rings. The Morgan fingerprint density at radius 2 is 1.79 bits per heavy atom. The molecule has 0 N–H and O–H groups in total. The second-order valence-corrected chi connectivity index (χ2v) is 12.3. The molecule has 1 unspecified atom stereocenters. The molecule has 0 aromatic carbocycles. The van der Waals surface area contributed by atoms with Crippen molar-refractivity contribution >= 4 is 39.1 Å². The Bertz CT molecular complexity index is 1080. The summed E-state index contributed by atoms with van der Waals surface area (Å²) in [7, 11) is -3.70. The van der Waals surface area contributed by atoms with E-state index >= 15 is 0 Å². The summed E-state index contributed by atoms with van der Waals surface area (Å²) in [5.41, 5.74) is 2.32. The first-order valence-corrected chi connectivity index (χ1v) is 14.0. The van der Waals surface area contributed by atoms with E-state index in [1.54, 1.807) is 37.2 Å². The summed E-state index contributed by atoms with van der Waals surface area (Å²) in [6.07, 6.45) is 7.39. The van der Waals surface area contributed by atoms with Crippen LogP contribution in [0.25, 0.3) is 0 Å². The lowest BCUT2D eigenvalue weighted by Crippen LogP contribution is -2.50. The second kappa shape index (κ2) is 10.1. The minimum atomic E-state index is -3.70. The molecule has 1 spiro atoms. The molecule has 1 atom stereocenters. The van der Waals surface area contributed by atoms with E-state index in [4.69, 9.17) is 32.7 Å². The summed E-state index contributed by atoms with van der Waals surface area (Å²) in [6, 6.07) is 0. The summed E-state index contributed by atoms with van der Waals surface area (Å²) < 4.78 is 40.9. The van der Waals surface area contributed by atoms with Crippen LogP contribution in [0.1, 0.15) is 59.3 Å². The molecule has 3 heterocycles. The molecule has 7 nitrogen and oxygen atoms in total. The zero-order valence-corrected chi connectivity index (χ0v) is 22.2. The predicted octanol–water partition coefficient (Wildman–Crippen LogP) is 4.75. The molecule has 0 aromatic heterocycles. The van der Waals surface area contributed by atoms with Crippen molar-refractivity contribution in [1.29, 1.82) is 0 Å². The smallest absolute Gasteiger partial charge is 0.296 e. The van der Waals surface area contributed by atoms with E-state index in [2.05, 4.69) is 0 Å². The Balaban J connectivity index is 1.78. The van der Waals surface area contributed by atoms with Crippen molar-refractivity contribution in [1.82, 2.24) is 9.21 Å². The number of ether oxygens (including phenoxy) is 2. The van der Waals surface area contributed by atoms with Gasteiger partial charge in [-0.05, 0) is 52.2 Å². The van der Waals surface area contributed by atoms with Crippen molar-refractivity contribution in [2.24, 2.45) is 0 Å². The van der Waals surface area contributed by atoms with Crippen molar-refractivity contribution in [3.63, 3.8) is 0 Å². The van der Waals surface area contributed by atoms with Crippen LogP contribution in [-0.2, 0) is 24.3 Å². The fourth-order valence-corrected chi connectivity index (χ4v) is 7.52. The van der Waals surface area contributed by atoms with E-state index in [9.17, 15) is 13.2 Å². The second-order valence-electron chi connectivity index (χ2n) is 9.34. The molecule has 4 aliphatic rings. The molecule has 0 saturated carbocycles. The fourth-order valence-electron chi connectivity index (χ4n) is 4.97. The van der Waals surface area contributed by atoms with Crippen LogP contribution in [0, 0.1) is 0 Å². The Kier molecular flexibility index (Phi) is 7.68. The number of halogens is 2. The van der Waals surface area contributed by atoms with Crippen molar-refractivity contribution in [3.8, 4) is 0 Å². The standard InChI is InChI=1S/C24H32Cl2N2O5S/c1-16(2)22(34(30,31)27-8-5-4-6-9-27)15-21-17(3)28(20-13-18(25)12-19(26)14-20)23(29)24(21)32-10-7-11-33-24/h13-14,18H,4-12,15H2,1-3H3. The van der Waals surface area contributed by atoms with E-state index < -0.39 is 21.7 Å².